The van der Waals surface area contributed by atoms with Crippen LogP contribution in [0.2, 0.25) is 5.02 Å². The Morgan fingerprint density at radius 2 is 1.81 bits per heavy atom. The Balaban J connectivity index is 1.86. The number of halogens is 1. The number of anilines is 1. The van der Waals surface area contributed by atoms with Gasteiger partial charge in [0.2, 0.25) is 0 Å². The Kier molecular flexibility index (Phi) is 4.44. The molecule has 1 aliphatic heterocycles. The predicted octanol–water partition coefficient (Wildman–Crippen LogP) is 4.53. The number of hydrogen-bond donors (Lipinski definition) is 3. The molecule has 140 valence electrons. The van der Waals surface area contributed by atoms with Gasteiger partial charge in [-0.2, -0.15) is 0 Å². The van der Waals surface area contributed by atoms with E-state index >= 15 is 0 Å². The molecule has 0 unspecified atom stereocenters. The number of amides is 3. The molecule has 1 spiro atoms. The first kappa shape index (κ1) is 17.7. The molecule has 0 aromatic heterocycles. The van der Waals surface area contributed by atoms with Crippen LogP contribution in [0.15, 0.2) is 36.4 Å². The van der Waals surface area contributed by atoms with Crippen molar-refractivity contribution in [1.29, 1.82) is 0 Å². The van der Waals surface area contributed by atoms with Gasteiger partial charge in [-0.15, -0.1) is 0 Å². The number of carbonyl (C=O) groups is 2. The molecule has 4 N–H and O–H groups in total. The number of nitrogens with two attached hydrogens (primary N) is 1. The largest absolute Gasteiger partial charge is 0.456 e. The highest BCUT2D eigenvalue weighted by atomic mass is 35.5. The molecule has 7 heteroatoms. The summed E-state index contributed by atoms with van der Waals surface area (Å²) in [5.74, 6) is 0.363. The van der Waals surface area contributed by atoms with E-state index in [-0.39, 0.29) is 6.03 Å². The van der Waals surface area contributed by atoms with Crippen LogP contribution < -0.4 is 21.1 Å². The SMILES string of the molecule is NC(=O)c1ccccc1Oc1ccc(Cl)c2c1C1(CCCCC1)NC(=O)N2. The predicted molar refractivity (Wildman–Crippen MR) is 103 cm³/mol. The van der Waals surface area contributed by atoms with Crippen molar-refractivity contribution in [2.45, 2.75) is 37.6 Å². The number of carbonyl (C=O) groups excluding carboxylic acids is 2. The average molecular weight is 386 g/mol. The van der Waals surface area contributed by atoms with Gasteiger partial charge in [0.05, 0.1) is 21.8 Å². The van der Waals surface area contributed by atoms with Crippen LogP contribution in [0.1, 0.15) is 48.0 Å². The number of primary amides is 1. The summed E-state index contributed by atoms with van der Waals surface area (Å²) < 4.78 is 6.14. The smallest absolute Gasteiger partial charge is 0.319 e. The van der Waals surface area contributed by atoms with Gasteiger partial charge in [-0.25, -0.2) is 4.79 Å². The Labute approximate surface area is 162 Å². The van der Waals surface area contributed by atoms with Crippen LogP contribution in [-0.4, -0.2) is 11.9 Å². The lowest BCUT2D eigenvalue weighted by molar-refractivity contribution is 0.0998. The van der Waals surface area contributed by atoms with E-state index in [0.29, 0.717) is 27.8 Å². The maximum absolute atomic E-state index is 12.3. The topological polar surface area (TPSA) is 93.5 Å². The van der Waals surface area contributed by atoms with Crippen LogP contribution in [0.3, 0.4) is 0 Å². The molecule has 1 saturated carbocycles. The molecular formula is C20H20ClN3O3. The minimum absolute atomic E-state index is 0.263. The standard InChI is InChI=1S/C20H20ClN3O3/c21-13-8-9-15(27-14-7-3-2-6-12(14)18(22)25)16-17(13)23-19(26)24-20(16)10-4-1-5-11-20/h2-3,6-9H,1,4-5,10-11H2,(H2,22,25)(H2,23,24,26). The van der Waals surface area contributed by atoms with Crippen molar-refractivity contribution in [2.24, 2.45) is 5.73 Å². The molecule has 6 nitrogen and oxygen atoms in total. The van der Waals surface area contributed by atoms with Crippen LogP contribution in [0.4, 0.5) is 10.5 Å². The summed E-state index contributed by atoms with van der Waals surface area (Å²) in [6.07, 6.45) is 4.75. The number of hydrogen-bond acceptors (Lipinski definition) is 3. The van der Waals surface area contributed by atoms with Crippen molar-refractivity contribution in [3.8, 4) is 11.5 Å². The minimum atomic E-state index is -0.563. The van der Waals surface area contributed by atoms with Gasteiger partial charge in [0.25, 0.3) is 5.91 Å². The Bertz CT molecular complexity index is 923. The molecule has 0 atom stereocenters. The van der Waals surface area contributed by atoms with Gasteiger partial charge in [0, 0.05) is 5.56 Å². The second kappa shape index (κ2) is 6.78. The molecule has 2 aliphatic rings. The third-order valence-electron chi connectivity index (χ3n) is 5.27. The molecule has 2 aromatic rings. The van der Waals surface area contributed by atoms with E-state index < -0.39 is 11.4 Å². The molecular weight excluding hydrogens is 366 g/mol. The van der Waals surface area contributed by atoms with E-state index in [0.717, 1.165) is 37.7 Å². The van der Waals surface area contributed by atoms with Gasteiger partial charge < -0.3 is 21.1 Å². The summed E-state index contributed by atoms with van der Waals surface area (Å²) in [6.45, 7) is 0. The number of urea groups is 1. The van der Waals surface area contributed by atoms with Crippen molar-refractivity contribution >= 4 is 29.2 Å². The fourth-order valence-electron chi connectivity index (χ4n) is 4.07. The maximum Gasteiger partial charge on any atom is 0.319 e. The Hall–Kier alpha value is -2.73. The lowest BCUT2D eigenvalue weighted by Crippen LogP contribution is -2.52. The summed E-state index contributed by atoms with van der Waals surface area (Å²) in [5.41, 5.74) is 6.64. The van der Waals surface area contributed by atoms with Crippen molar-refractivity contribution < 1.29 is 14.3 Å². The molecule has 4 rings (SSSR count). The first-order chi connectivity index (χ1) is 13.0. The normalized spacial score (nSPS) is 17.6. The quantitative estimate of drug-likeness (QED) is 0.724. The summed E-state index contributed by atoms with van der Waals surface area (Å²) in [6, 6.07) is 10.0. The first-order valence-corrected chi connectivity index (χ1v) is 9.37. The second-order valence-corrected chi connectivity index (χ2v) is 7.39. The van der Waals surface area contributed by atoms with E-state index in [1.807, 2.05) is 0 Å². The molecule has 1 fully saturated rings. The number of fused-ring (bicyclic) bond motifs is 2. The van der Waals surface area contributed by atoms with Crippen LogP contribution in [-0.2, 0) is 5.54 Å². The maximum atomic E-state index is 12.3. The molecule has 27 heavy (non-hydrogen) atoms. The van der Waals surface area contributed by atoms with Gasteiger partial charge >= 0.3 is 6.03 Å². The Morgan fingerprint density at radius 3 is 2.56 bits per heavy atom. The van der Waals surface area contributed by atoms with Crippen LogP contribution in [0, 0.1) is 0 Å². The molecule has 1 aliphatic carbocycles. The first-order valence-electron chi connectivity index (χ1n) is 8.99. The van der Waals surface area contributed by atoms with Gasteiger partial charge in [-0.05, 0) is 37.1 Å². The zero-order chi connectivity index (χ0) is 19.0. The minimum Gasteiger partial charge on any atom is -0.456 e. The summed E-state index contributed by atoms with van der Waals surface area (Å²) in [4.78, 5) is 24.0. The highest BCUT2D eigenvalue weighted by molar-refractivity contribution is 6.34. The average Bonchev–Trinajstić information content (AvgIpc) is 2.65. The summed E-state index contributed by atoms with van der Waals surface area (Å²) in [5, 5.41) is 6.37. The number of ether oxygens (including phenoxy) is 1. The van der Waals surface area contributed by atoms with E-state index in [2.05, 4.69) is 10.6 Å². The summed E-state index contributed by atoms with van der Waals surface area (Å²) >= 11 is 6.39. The monoisotopic (exact) mass is 385 g/mol. The number of rotatable bonds is 3. The van der Waals surface area contributed by atoms with Crippen molar-refractivity contribution in [1.82, 2.24) is 5.32 Å². The Morgan fingerprint density at radius 1 is 1.07 bits per heavy atom. The van der Waals surface area contributed by atoms with Crippen LogP contribution >= 0.6 is 11.6 Å². The molecule has 0 radical (unpaired) electrons. The van der Waals surface area contributed by atoms with Gasteiger partial charge in [-0.1, -0.05) is 43.0 Å². The molecule has 2 aromatic carbocycles. The van der Waals surface area contributed by atoms with Crippen LogP contribution in [0.5, 0.6) is 11.5 Å². The molecule has 3 amide bonds. The van der Waals surface area contributed by atoms with Crippen molar-refractivity contribution in [3.05, 3.63) is 52.5 Å². The number of benzene rings is 2. The zero-order valence-electron chi connectivity index (χ0n) is 14.7. The van der Waals surface area contributed by atoms with E-state index in [1.54, 1.807) is 36.4 Å². The van der Waals surface area contributed by atoms with Gasteiger partial charge in [0.15, 0.2) is 0 Å². The van der Waals surface area contributed by atoms with Crippen molar-refractivity contribution in [3.63, 3.8) is 0 Å². The molecule has 1 heterocycles. The fourth-order valence-corrected chi connectivity index (χ4v) is 4.28. The molecule has 0 bridgehead atoms. The van der Waals surface area contributed by atoms with E-state index in [1.165, 1.54) is 0 Å². The third kappa shape index (κ3) is 3.10. The van der Waals surface area contributed by atoms with Gasteiger partial charge in [-0.3, -0.25) is 4.79 Å². The number of para-hydroxylation sites is 1. The zero-order valence-corrected chi connectivity index (χ0v) is 15.4. The highest BCUT2D eigenvalue weighted by Crippen LogP contribution is 2.50. The highest BCUT2D eigenvalue weighted by Gasteiger charge is 2.43. The lowest BCUT2D eigenvalue weighted by Gasteiger charge is -2.43. The summed E-state index contributed by atoms with van der Waals surface area (Å²) in [7, 11) is 0. The van der Waals surface area contributed by atoms with Crippen molar-refractivity contribution in [2.75, 3.05) is 5.32 Å². The third-order valence-corrected chi connectivity index (χ3v) is 5.58. The van der Waals surface area contributed by atoms with E-state index in [4.69, 9.17) is 22.1 Å². The number of nitrogens with one attached hydrogen (secondary N) is 2. The fraction of sp³-hybridized carbons (Fsp3) is 0.300. The van der Waals surface area contributed by atoms with Gasteiger partial charge in [0.1, 0.15) is 11.5 Å². The lowest BCUT2D eigenvalue weighted by atomic mass is 9.74. The van der Waals surface area contributed by atoms with E-state index in [9.17, 15) is 9.59 Å². The van der Waals surface area contributed by atoms with Crippen LogP contribution in [0.25, 0.3) is 0 Å². The molecule has 0 saturated heterocycles. The second-order valence-electron chi connectivity index (χ2n) is 6.98.